The molecule has 1 aliphatic rings. The smallest absolute Gasteiger partial charge is 0.349 e. The number of carbonyl (C=O) groups is 3. The number of hydrogen-bond donors (Lipinski definition) is 4. The Labute approximate surface area is 230 Å². The first-order chi connectivity index (χ1) is 18.7. The lowest BCUT2D eigenvalue weighted by Gasteiger charge is -2.32. The summed E-state index contributed by atoms with van der Waals surface area (Å²) in [6.45, 7) is 3.18. The van der Waals surface area contributed by atoms with Gasteiger partial charge < -0.3 is 35.2 Å². The van der Waals surface area contributed by atoms with Gasteiger partial charge in [-0.25, -0.2) is 14.4 Å². The molecule has 0 spiro atoms. The molecule has 0 saturated carbocycles. The van der Waals surface area contributed by atoms with Crippen LogP contribution in [0.1, 0.15) is 28.1 Å². The number of aliphatic carboxylic acids is 1. The summed E-state index contributed by atoms with van der Waals surface area (Å²) in [6.07, 6.45) is 1.74. The molecule has 0 unspecified atom stereocenters. The van der Waals surface area contributed by atoms with Crippen LogP contribution in [-0.4, -0.2) is 66.4 Å². The second-order valence-corrected chi connectivity index (χ2v) is 10.3. The van der Waals surface area contributed by atoms with Gasteiger partial charge >= 0.3 is 18.0 Å². The van der Waals surface area contributed by atoms with Crippen molar-refractivity contribution in [2.24, 2.45) is 5.92 Å². The Morgan fingerprint density at radius 3 is 2.46 bits per heavy atom. The van der Waals surface area contributed by atoms with E-state index in [-0.39, 0.29) is 16.7 Å². The highest BCUT2D eigenvalue weighted by Gasteiger charge is 2.24. The number of rotatable bonds is 10. The van der Waals surface area contributed by atoms with Gasteiger partial charge in [0.2, 0.25) is 0 Å². The van der Waals surface area contributed by atoms with Crippen LogP contribution in [0.3, 0.4) is 0 Å². The lowest BCUT2D eigenvalue weighted by atomic mass is 9.97. The zero-order chi connectivity index (χ0) is 27.9. The Hall–Kier alpha value is -4.25. The standard InChI is InChI=1S/C28H31N3O7S/c1-17-24(38-16-23(32)33)26(27(34)35)39-25(17)19-5-3-6-20(13-19)29-15-18-9-11-31(12-10-18)28(36)30-21-7-4-8-22(14-21)37-2/h3-8,13-14,18,29H,9-12,15-16H2,1-2H3,(H,30,36)(H,32,33)(H,34,35). The van der Waals surface area contributed by atoms with Gasteiger partial charge in [0.05, 0.1) is 7.11 Å². The number of aromatic carboxylic acids is 1. The fraction of sp³-hybridized carbons (Fsp3) is 0.321. The molecule has 2 heterocycles. The number of thiophene rings is 1. The van der Waals surface area contributed by atoms with Gasteiger partial charge in [-0.1, -0.05) is 18.2 Å². The Morgan fingerprint density at radius 1 is 1.05 bits per heavy atom. The van der Waals surface area contributed by atoms with Crippen LogP contribution in [0.2, 0.25) is 0 Å². The molecule has 11 heteroatoms. The van der Waals surface area contributed by atoms with Crippen LogP contribution in [-0.2, 0) is 4.79 Å². The largest absolute Gasteiger partial charge is 0.497 e. The average Bonchev–Trinajstić information content (AvgIpc) is 3.27. The van der Waals surface area contributed by atoms with E-state index < -0.39 is 18.5 Å². The number of piperidine rings is 1. The number of carbonyl (C=O) groups excluding carboxylic acids is 1. The van der Waals surface area contributed by atoms with Crippen molar-refractivity contribution in [1.29, 1.82) is 0 Å². The van der Waals surface area contributed by atoms with Crippen molar-refractivity contribution < 1.29 is 34.1 Å². The summed E-state index contributed by atoms with van der Waals surface area (Å²) in [5.41, 5.74) is 3.00. The molecule has 1 aliphatic heterocycles. The molecule has 10 nitrogen and oxygen atoms in total. The Morgan fingerprint density at radius 2 is 1.77 bits per heavy atom. The summed E-state index contributed by atoms with van der Waals surface area (Å²) in [6, 6.07) is 14.8. The van der Waals surface area contributed by atoms with E-state index in [1.807, 2.05) is 47.4 Å². The highest BCUT2D eigenvalue weighted by atomic mass is 32.1. The lowest BCUT2D eigenvalue weighted by molar-refractivity contribution is -0.139. The van der Waals surface area contributed by atoms with Gasteiger partial charge in [-0.2, -0.15) is 0 Å². The summed E-state index contributed by atoms with van der Waals surface area (Å²) in [4.78, 5) is 37.8. The molecule has 3 aromatic rings. The van der Waals surface area contributed by atoms with Gasteiger partial charge in [0.1, 0.15) is 11.5 Å². The number of nitrogens with zero attached hydrogens (tertiary/aromatic N) is 1. The number of methoxy groups -OCH3 is 1. The number of nitrogens with one attached hydrogen (secondary N) is 2. The van der Waals surface area contributed by atoms with E-state index in [0.29, 0.717) is 40.9 Å². The zero-order valence-corrected chi connectivity index (χ0v) is 22.5. The van der Waals surface area contributed by atoms with Crippen LogP contribution in [0.25, 0.3) is 10.4 Å². The molecule has 1 fully saturated rings. The molecule has 4 rings (SSSR count). The molecule has 206 valence electrons. The van der Waals surface area contributed by atoms with Crippen LogP contribution in [0, 0.1) is 12.8 Å². The monoisotopic (exact) mass is 553 g/mol. The quantitative estimate of drug-likeness (QED) is 0.267. The predicted octanol–water partition coefficient (Wildman–Crippen LogP) is 5.25. The second kappa shape index (κ2) is 12.5. The molecule has 0 radical (unpaired) electrons. The molecule has 0 aliphatic carbocycles. The highest BCUT2D eigenvalue weighted by Crippen LogP contribution is 2.42. The Bertz CT molecular complexity index is 1350. The number of anilines is 2. The average molecular weight is 554 g/mol. The van der Waals surface area contributed by atoms with Crippen molar-refractivity contribution in [3.8, 4) is 21.9 Å². The SMILES string of the molecule is COc1cccc(NC(=O)N2CCC(CNc3cccc(-c4sc(C(=O)O)c(OCC(=O)O)c4C)c3)CC2)c1. The molecule has 2 aromatic carbocycles. The summed E-state index contributed by atoms with van der Waals surface area (Å²) in [5.74, 6) is -1.16. The number of amides is 2. The molecule has 4 N–H and O–H groups in total. The summed E-state index contributed by atoms with van der Waals surface area (Å²) < 4.78 is 10.5. The van der Waals surface area contributed by atoms with E-state index in [2.05, 4.69) is 10.6 Å². The predicted molar refractivity (Wildman–Crippen MR) is 149 cm³/mol. The first-order valence-electron chi connectivity index (χ1n) is 12.5. The molecule has 1 saturated heterocycles. The van der Waals surface area contributed by atoms with Crippen molar-refractivity contribution in [1.82, 2.24) is 4.90 Å². The minimum Gasteiger partial charge on any atom is -0.497 e. The van der Waals surface area contributed by atoms with Crippen molar-refractivity contribution >= 4 is 40.7 Å². The summed E-state index contributed by atoms with van der Waals surface area (Å²) >= 11 is 1.06. The first kappa shape index (κ1) is 27.8. The fourth-order valence-corrected chi connectivity index (χ4v) is 5.59. The van der Waals surface area contributed by atoms with Crippen LogP contribution in [0.15, 0.2) is 48.5 Å². The molecule has 0 bridgehead atoms. The fourth-order valence-electron chi connectivity index (χ4n) is 4.50. The van der Waals surface area contributed by atoms with Crippen molar-refractivity contribution in [3.63, 3.8) is 0 Å². The third-order valence-corrected chi connectivity index (χ3v) is 7.88. The third kappa shape index (κ3) is 6.99. The molecular weight excluding hydrogens is 522 g/mol. The Kier molecular flexibility index (Phi) is 8.92. The number of hydrogen-bond acceptors (Lipinski definition) is 7. The van der Waals surface area contributed by atoms with E-state index in [1.165, 1.54) is 0 Å². The van der Waals surface area contributed by atoms with Gasteiger partial charge in [0.25, 0.3) is 0 Å². The van der Waals surface area contributed by atoms with Crippen LogP contribution < -0.4 is 20.1 Å². The molecule has 2 amide bonds. The number of benzene rings is 2. The molecule has 39 heavy (non-hydrogen) atoms. The number of likely N-dealkylation sites (tertiary alicyclic amines) is 1. The Balaban J connectivity index is 1.34. The van der Waals surface area contributed by atoms with Crippen molar-refractivity contribution in [3.05, 3.63) is 59.0 Å². The second-order valence-electron chi connectivity index (χ2n) is 9.26. The number of carboxylic acid groups (broad SMARTS) is 2. The summed E-state index contributed by atoms with van der Waals surface area (Å²) in [7, 11) is 1.59. The first-order valence-corrected chi connectivity index (χ1v) is 13.3. The number of urea groups is 1. The van der Waals surface area contributed by atoms with E-state index in [1.54, 1.807) is 20.1 Å². The van der Waals surface area contributed by atoms with Crippen molar-refractivity contribution in [2.45, 2.75) is 19.8 Å². The van der Waals surface area contributed by atoms with Crippen molar-refractivity contribution in [2.75, 3.05) is 44.0 Å². The zero-order valence-electron chi connectivity index (χ0n) is 21.7. The normalized spacial score (nSPS) is 13.5. The van der Waals surface area contributed by atoms with E-state index in [0.717, 1.165) is 42.0 Å². The highest BCUT2D eigenvalue weighted by molar-refractivity contribution is 7.18. The van der Waals surface area contributed by atoms with Gasteiger partial charge in [-0.15, -0.1) is 11.3 Å². The number of ether oxygens (including phenoxy) is 2. The van der Waals surface area contributed by atoms with Gasteiger partial charge in [0, 0.05) is 47.5 Å². The lowest BCUT2D eigenvalue weighted by Crippen LogP contribution is -2.42. The maximum Gasteiger partial charge on any atom is 0.349 e. The molecular formula is C28H31N3O7S. The van der Waals surface area contributed by atoms with E-state index in [4.69, 9.17) is 14.6 Å². The topological polar surface area (TPSA) is 137 Å². The number of carboxylic acids is 2. The molecule has 1 aromatic heterocycles. The minimum atomic E-state index is -1.17. The summed E-state index contributed by atoms with van der Waals surface area (Å²) in [5, 5.41) is 24.9. The van der Waals surface area contributed by atoms with Crippen LogP contribution >= 0.6 is 11.3 Å². The van der Waals surface area contributed by atoms with Gasteiger partial charge in [-0.05, 0) is 55.5 Å². The van der Waals surface area contributed by atoms with Crippen LogP contribution in [0.4, 0.5) is 16.2 Å². The van der Waals surface area contributed by atoms with Gasteiger partial charge in [0.15, 0.2) is 11.5 Å². The third-order valence-electron chi connectivity index (χ3n) is 6.57. The molecule has 0 atom stereocenters. The maximum absolute atomic E-state index is 12.7. The van der Waals surface area contributed by atoms with E-state index >= 15 is 0 Å². The van der Waals surface area contributed by atoms with Gasteiger partial charge in [-0.3, -0.25) is 0 Å². The maximum atomic E-state index is 12.7. The van der Waals surface area contributed by atoms with E-state index in [9.17, 15) is 19.5 Å². The van der Waals surface area contributed by atoms with Crippen LogP contribution in [0.5, 0.6) is 11.5 Å². The minimum absolute atomic E-state index is 0.0238.